The molecule has 1 aromatic carbocycles. The molecule has 2 heteroatoms. The minimum Gasteiger partial charge on any atom is -0.492 e. The van der Waals surface area contributed by atoms with E-state index in [9.17, 15) is 0 Å². The van der Waals surface area contributed by atoms with E-state index in [0.717, 1.165) is 12.4 Å². The minimum absolute atomic E-state index is 0.611. The fourth-order valence-corrected chi connectivity index (χ4v) is 3.44. The van der Waals surface area contributed by atoms with Crippen molar-refractivity contribution in [2.75, 3.05) is 19.7 Å². The van der Waals surface area contributed by atoms with E-state index in [0.29, 0.717) is 12.0 Å². The molecule has 2 nitrogen and oxygen atoms in total. The fourth-order valence-electron chi connectivity index (χ4n) is 3.44. The highest BCUT2D eigenvalue weighted by Crippen LogP contribution is 2.40. The number of nitrogens with zero attached hydrogens (tertiary/aromatic N) is 1. The van der Waals surface area contributed by atoms with Gasteiger partial charge in [0.1, 0.15) is 12.4 Å². The highest BCUT2D eigenvalue weighted by Gasteiger charge is 2.36. The van der Waals surface area contributed by atoms with Crippen molar-refractivity contribution in [1.29, 1.82) is 0 Å². The third-order valence-corrected chi connectivity index (χ3v) is 4.42. The monoisotopic (exact) mass is 245 g/mol. The van der Waals surface area contributed by atoms with Crippen LogP contribution in [0.5, 0.6) is 5.75 Å². The molecule has 1 saturated heterocycles. The van der Waals surface area contributed by atoms with Crippen molar-refractivity contribution in [3.8, 4) is 5.75 Å². The van der Waals surface area contributed by atoms with Crippen LogP contribution < -0.4 is 4.74 Å². The molecule has 0 spiro atoms. The number of rotatable bonds is 3. The Morgan fingerprint density at radius 1 is 1.33 bits per heavy atom. The molecule has 98 valence electrons. The summed E-state index contributed by atoms with van der Waals surface area (Å²) in [6.07, 6.45) is 5.25. The second-order valence-electron chi connectivity index (χ2n) is 5.55. The number of piperidine rings is 1. The van der Waals surface area contributed by atoms with Crippen LogP contribution in [0.15, 0.2) is 24.3 Å². The molecule has 0 aromatic heterocycles. The number of fused-ring (bicyclic) bond motifs is 3. The summed E-state index contributed by atoms with van der Waals surface area (Å²) < 4.78 is 5.96. The van der Waals surface area contributed by atoms with Gasteiger partial charge in [-0.1, -0.05) is 31.5 Å². The van der Waals surface area contributed by atoms with Crippen molar-refractivity contribution in [3.05, 3.63) is 29.8 Å². The number of ether oxygens (including phenoxy) is 1. The van der Waals surface area contributed by atoms with E-state index in [-0.39, 0.29) is 0 Å². The maximum Gasteiger partial charge on any atom is 0.122 e. The van der Waals surface area contributed by atoms with Crippen molar-refractivity contribution in [3.63, 3.8) is 0 Å². The largest absolute Gasteiger partial charge is 0.492 e. The summed E-state index contributed by atoms with van der Waals surface area (Å²) in [4.78, 5) is 2.66. The maximum atomic E-state index is 5.96. The van der Waals surface area contributed by atoms with Gasteiger partial charge < -0.3 is 4.74 Å². The minimum atomic E-state index is 0.611. The number of benzene rings is 1. The molecule has 1 aromatic rings. The fraction of sp³-hybridized carbons (Fsp3) is 0.625. The maximum absolute atomic E-state index is 5.96. The standard InChI is InChI=1S/C16H23NO/c1-2-3-10-17-11-6-8-13-14-7-4-5-9-16(14)18-12-15(13)17/h4-5,7,9,13,15H,2-3,6,8,10-12H2,1H3/t13-,15+/m0/s1. The highest BCUT2D eigenvalue weighted by molar-refractivity contribution is 5.39. The van der Waals surface area contributed by atoms with Gasteiger partial charge in [-0.15, -0.1) is 0 Å². The van der Waals surface area contributed by atoms with Crippen molar-refractivity contribution in [1.82, 2.24) is 4.90 Å². The van der Waals surface area contributed by atoms with Gasteiger partial charge in [0.2, 0.25) is 0 Å². The van der Waals surface area contributed by atoms with Crippen LogP contribution in [0.2, 0.25) is 0 Å². The lowest BCUT2D eigenvalue weighted by Crippen LogP contribution is -2.49. The zero-order chi connectivity index (χ0) is 12.4. The lowest BCUT2D eigenvalue weighted by Gasteiger charge is -2.44. The summed E-state index contributed by atoms with van der Waals surface area (Å²) in [7, 11) is 0. The van der Waals surface area contributed by atoms with Gasteiger partial charge in [-0.2, -0.15) is 0 Å². The molecule has 0 bridgehead atoms. The number of unbranched alkanes of at least 4 members (excludes halogenated alkanes) is 1. The Morgan fingerprint density at radius 3 is 3.11 bits per heavy atom. The molecule has 18 heavy (non-hydrogen) atoms. The van der Waals surface area contributed by atoms with E-state index in [2.05, 4.69) is 36.1 Å². The van der Waals surface area contributed by atoms with E-state index < -0.39 is 0 Å². The Hall–Kier alpha value is -1.02. The third-order valence-electron chi connectivity index (χ3n) is 4.42. The quantitative estimate of drug-likeness (QED) is 0.809. The molecule has 2 aliphatic heterocycles. The van der Waals surface area contributed by atoms with Gasteiger partial charge in [0.15, 0.2) is 0 Å². The summed E-state index contributed by atoms with van der Waals surface area (Å²) in [5, 5.41) is 0. The Bertz CT molecular complexity index is 404. The lowest BCUT2D eigenvalue weighted by molar-refractivity contribution is 0.0648. The van der Waals surface area contributed by atoms with E-state index in [1.807, 2.05) is 0 Å². The SMILES string of the molecule is CCCCN1CCC[C@H]2c3ccccc3OC[C@H]21. The average molecular weight is 245 g/mol. The van der Waals surface area contributed by atoms with Crippen molar-refractivity contribution in [2.24, 2.45) is 0 Å². The van der Waals surface area contributed by atoms with Crippen LogP contribution in [0.3, 0.4) is 0 Å². The molecule has 0 N–H and O–H groups in total. The van der Waals surface area contributed by atoms with Gasteiger partial charge in [0, 0.05) is 5.92 Å². The van der Waals surface area contributed by atoms with Crippen molar-refractivity contribution < 1.29 is 4.74 Å². The van der Waals surface area contributed by atoms with E-state index in [1.54, 1.807) is 0 Å². The number of para-hydroxylation sites is 1. The summed E-state index contributed by atoms with van der Waals surface area (Å²) in [6.45, 7) is 5.65. The van der Waals surface area contributed by atoms with Gasteiger partial charge in [-0.25, -0.2) is 0 Å². The van der Waals surface area contributed by atoms with Crippen LogP contribution in [0, 0.1) is 0 Å². The third kappa shape index (κ3) is 2.14. The molecule has 0 saturated carbocycles. The predicted octanol–water partition coefficient (Wildman–Crippen LogP) is 3.43. The van der Waals surface area contributed by atoms with E-state index in [1.165, 1.54) is 44.3 Å². The normalized spacial score (nSPS) is 27.2. The predicted molar refractivity (Wildman–Crippen MR) is 74.2 cm³/mol. The molecule has 1 fully saturated rings. The first-order valence-corrected chi connectivity index (χ1v) is 7.36. The zero-order valence-electron chi connectivity index (χ0n) is 11.3. The van der Waals surface area contributed by atoms with Gasteiger partial charge in [0.25, 0.3) is 0 Å². The van der Waals surface area contributed by atoms with Gasteiger partial charge in [-0.05, 0) is 44.0 Å². The van der Waals surface area contributed by atoms with E-state index in [4.69, 9.17) is 4.74 Å². The summed E-state index contributed by atoms with van der Waals surface area (Å²) in [5.74, 6) is 1.82. The first-order valence-electron chi connectivity index (χ1n) is 7.36. The topological polar surface area (TPSA) is 12.5 Å². The molecule has 2 aliphatic rings. The molecule has 0 radical (unpaired) electrons. The Labute approximate surface area is 110 Å². The average Bonchev–Trinajstić information content (AvgIpc) is 2.44. The van der Waals surface area contributed by atoms with Gasteiger partial charge in [-0.3, -0.25) is 4.90 Å². The van der Waals surface area contributed by atoms with Gasteiger partial charge in [0.05, 0.1) is 6.04 Å². The molecule has 2 atom stereocenters. The van der Waals surface area contributed by atoms with Crippen LogP contribution in [0.1, 0.15) is 44.1 Å². The Balaban J connectivity index is 1.81. The van der Waals surface area contributed by atoms with Crippen molar-refractivity contribution in [2.45, 2.75) is 44.6 Å². The Morgan fingerprint density at radius 2 is 2.22 bits per heavy atom. The van der Waals surface area contributed by atoms with Crippen LogP contribution in [-0.2, 0) is 0 Å². The first kappa shape index (κ1) is 12.0. The number of hydrogen-bond acceptors (Lipinski definition) is 2. The second kappa shape index (κ2) is 5.31. The van der Waals surface area contributed by atoms with Crippen LogP contribution in [0.25, 0.3) is 0 Å². The van der Waals surface area contributed by atoms with Gasteiger partial charge >= 0.3 is 0 Å². The molecular weight excluding hydrogens is 222 g/mol. The molecule has 0 unspecified atom stereocenters. The van der Waals surface area contributed by atoms with Crippen LogP contribution in [-0.4, -0.2) is 30.6 Å². The van der Waals surface area contributed by atoms with E-state index >= 15 is 0 Å². The molecule has 3 rings (SSSR count). The summed E-state index contributed by atoms with van der Waals surface area (Å²) in [6, 6.07) is 9.22. The highest BCUT2D eigenvalue weighted by atomic mass is 16.5. The van der Waals surface area contributed by atoms with Crippen LogP contribution in [0.4, 0.5) is 0 Å². The van der Waals surface area contributed by atoms with Crippen LogP contribution >= 0.6 is 0 Å². The summed E-state index contributed by atoms with van der Waals surface area (Å²) in [5.41, 5.74) is 1.44. The first-order chi connectivity index (χ1) is 8.90. The molecular formula is C16H23NO. The second-order valence-corrected chi connectivity index (χ2v) is 5.55. The van der Waals surface area contributed by atoms with Crippen molar-refractivity contribution >= 4 is 0 Å². The number of likely N-dealkylation sites (tertiary alicyclic amines) is 1. The molecule has 0 amide bonds. The smallest absolute Gasteiger partial charge is 0.122 e. The Kier molecular flexibility index (Phi) is 3.55. The molecule has 0 aliphatic carbocycles. The lowest BCUT2D eigenvalue weighted by atomic mass is 9.81. The number of hydrogen-bond donors (Lipinski definition) is 0. The zero-order valence-corrected chi connectivity index (χ0v) is 11.3. The summed E-state index contributed by atoms with van der Waals surface area (Å²) >= 11 is 0. The molecule has 2 heterocycles.